The molecule has 2 unspecified atom stereocenters. The summed E-state index contributed by atoms with van der Waals surface area (Å²) in [5.74, 6) is 1.38. The number of para-hydroxylation sites is 1. The molecule has 0 saturated carbocycles. The predicted octanol–water partition coefficient (Wildman–Crippen LogP) is 2.72. The maximum atomic E-state index is 9.60. The van der Waals surface area contributed by atoms with Crippen LogP contribution in [0.15, 0.2) is 58.9 Å². The first-order valence-corrected chi connectivity index (χ1v) is 8.94. The van der Waals surface area contributed by atoms with Crippen LogP contribution in [-0.2, 0) is 6.42 Å². The fourth-order valence-electron chi connectivity index (χ4n) is 4.27. The van der Waals surface area contributed by atoms with Crippen molar-refractivity contribution in [1.82, 2.24) is 4.90 Å². The Morgan fingerprint density at radius 2 is 1.89 bits per heavy atom. The average molecular weight is 371 g/mol. The van der Waals surface area contributed by atoms with Crippen molar-refractivity contribution in [2.75, 3.05) is 14.1 Å². The molecule has 0 bridgehead atoms. The van der Waals surface area contributed by atoms with Gasteiger partial charge >= 0.3 is 0 Å². The van der Waals surface area contributed by atoms with Crippen LogP contribution in [0.1, 0.15) is 18.4 Å². The van der Waals surface area contributed by atoms with Gasteiger partial charge in [0.15, 0.2) is 0 Å². The van der Waals surface area contributed by atoms with E-state index in [4.69, 9.17) is 10.5 Å². The van der Waals surface area contributed by atoms with Gasteiger partial charge < -0.3 is 10.5 Å². The molecule has 140 valence electrons. The second-order valence-electron chi connectivity index (χ2n) is 7.31. The lowest BCUT2D eigenvalue weighted by molar-refractivity contribution is 0.136. The lowest BCUT2D eigenvalue weighted by Crippen LogP contribution is -2.56. The third kappa shape index (κ3) is 2.88. The Morgan fingerprint density at radius 3 is 2.50 bits per heavy atom. The summed E-state index contributed by atoms with van der Waals surface area (Å²) in [6.07, 6.45) is 1.74. The van der Waals surface area contributed by atoms with Crippen LogP contribution in [0.2, 0.25) is 0 Å². The first-order chi connectivity index (χ1) is 13.4. The molecule has 6 heteroatoms. The maximum Gasteiger partial charge on any atom is 0.136 e. The van der Waals surface area contributed by atoms with Gasteiger partial charge in [-0.1, -0.05) is 24.8 Å². The molecule has 2 N–H and O–H groups in total. The second-order valence-corrected chi connectivity index (χ2v) is 7.31. The van der Waals surface area contributed by atoms with E-state index in [2.05, 4.69) is 6.58 Å². The highest BCUT2D eigenvalue weighted by molar-refractivity contribution is 5.62. The van der Waals surface area contributed by atoms with Crippen LogP contribution >= 0.6 is 0 Å². The Labute approximate surface area is 165 Å². The summed E-state index contributed by atoms with van der Waals surface area (Å²) in [4.78, 5) is 1.88. The van der Waals surface area contributed by atoms with E-state index in [0.717, 1.165) is 16.9 Å². The first kappa shape index (κ1) is 19.4. The van der Waals surface area contributed by atoms with E-state index in [-0.39, 0.29) is 22.8 Å². The number of nitrogens with zero attached hydrogens (tertiary/aromatic N) is 4. The molecule has 0 amide bonds. The van der Waals surface area contributed by atoms with Crippen molar-refractivity contribution in [3.63, 3.8) is 0 Å². The molecular weight excluding hydrogens is 350 g/mol. The summed E-state index contributed by atoms with van der Waals surface area (Å²) in [5, 5.41) is 28.8. The van der Waals surface area contributed by atoms with Gasteiger partial charge in [-0.25, -0.2) is 0 Å². The molecule has 1 aliphatic heterocycles. The monoisotopic (exact) mass is 371 g/mol. The van der Waals surface area contributed by atoms with Crippen molar-refractivity contribution in [2.45, 2.75) is 30.8 Å². The van der Waals surface area contributed by atoms with Crippen molar-refractivity contribution < 1.29 is 4.74 Å². The van der Waals surface area contributed by atoms with E-state index in [9.17, 15) is 15.8 Å². The van der Waals surface area contributed by atoms with Crippen molar-refractivity contribution in [3.8, 4) is 24.0 Å². The number of likely N-dealkylation sites (N-methyl/N-ethyl adjacent to an activating group) is 1. The molecule has 28 heavy (non-hydrogen) atoms. The summed E-state index contributed by atoms with van der Waals surface area (Å²) in [6, 6.07) is 13.4. The Hall–Kier alpha value is -3.37. The molecular formula is C22H21N5O. The van der Waals surface area contributed by atoms with Crippen LogP contribution in [0.3, 0.4) is 0 Å². The van der Waals surface area contributed by atoms with Gasteiger partial charge in [0.05, 0.1) is 11.6 Å². The highest BCUT2D eigenvalue weighted by atomic mass is 16.5. The van der Waals surface area contributed by atoms with Crippen molar-refractivity contribution in [1.29, 1.82) is 15.8 Å². The largest absolute Gasteiger partial charge is 0.459 e. The molecule has 0 aromatic heterocycles. The molecule has 0 spiro atoms. The third-order valence-electron chi connectivity index (χ3n) is 5.44. The molecule has 1 aromatic rings. The van der Waals surface area contributed by atoms with Crippen LogP contribution in [0, 0.1) is 34.0 Å². The zero-order chi connectivity index (χ0) is 20.5. The van der Waals surface area contributed by atoms with Crippen LogP contribution in [-0.4, -0.2) is 30.6 Å². The van der Waals surface area contributed by atoms with E-state index >= 15 is 0 Å². The van der Waals surface area contributed by atoms with Gasteiger partial charge in [0.25, 0.3) is 0 Å². The number of allylic oxidation sites excluding steroid dienone is 1. The van der Waals surface area contributed by atoms with Crippen LogP contribution in [0.25, 0.3) is 0 Å². The van der Waals surface area contributed by atoms with Gasteiger partial charge in [-0.2, -0.15) is 15.8 Å². The standard InChI is InChI=1S/C22H21N5O/c1-14(11-23)20(17(12-24)13-25)22(27(2)3)10-18(26)9-16-8-15-6-4-5-7-19(15)28-21(16)22/h4-7,18H,1,8-10,26H2,2-3H3. The van der Waals surface area contributed by atoms with Crippen molar-refractivity contribution in [2.24, 2.45) is 5.73 Å². The number of hydrogen-bond acceptors (Lipinski definition) is 6. The maximum absolute atomic E-state index is 9.60. The summed E-state index contributed by atoms with van der Waals surface area (Å²) in [5.41, 5.74) is 7.67. The van der Waals surface area contributed by atoms with Gasteiger partial charge in [-0.15, -0.1) is 0 Å². The van der Waals surface area contributed by atoms with E-state index in [0.29, 0.717) is 25.0 Å². The van der Waals surface area contributed by atoms with E-state index in [1.54, 1.807) is 0 Å². The first-order valence-electron chi connectivity index (χ1n) is 8.94. The molecule has 2 aliphatic rings. The number of rotatable bonds is 3. The molecule has 1 aliphatic carbocycles. The normalized spacial score (nSPS) is 22.7. The van der Waals surface area contributed by atoms with Gasteiger partial charge in [-0.3, -0.25) is 4.90 Å². The fourth-order valence-corrected chi connectivity index (χ4v) is 4.27. The second kappa shape index (κ2) is 7.33. The average Bonchev–Trinajstić information content (AvgIpc) is 2.69. The van der Waals surface area contributed by atoms with Gasteiger partial charge in [0, 0.05) is 18.0 Å². The molecule has 2 atom stereocenters. The van der Waals surface area contributed by atoms with E-state index in [1.165, 1.54) is 0 Å². The van der Waals surface area contributed by atoms with E-state index < -0.39 is 5.54 Å². The van der Waals surface area contributed by atoms with Crippen molar-refractivity contribution in [3.05, 3.63) is 64.5 Å². The summed E-state index contributed by atoms with van der Waals surface area (Å²) >= 11 is 0. The number of nitrogens with two attached hydrogens (primary N) is 1. The van der Waals surface area contributed by atoms with Gasteiger partial charge in [0.1, 0.15) is 34.8 Å². The lowest BCUT2D eigenvalue weighted by atomic mass is 9.69. The van der Waals surface area contributed by atoms with Crippen molar-refractivity contribution >= 4 is 0 Å². The summed E-state index contributed by atoms with van der Waals surface area (Å²) in [6.45, 7) is 3.83. The lowest BCUT2D eigenvalue weighted by Gasteiger charge is -2.49. The van der Waals surface area contributed by atoms with Gasteiger partial charge in [-0.05, 0) is 44.1 Å². The molecule has 0 saturated heterocycles. The minimum Gasteiger partial charge on any atom is -0.459 e. The van der Waals surface area contributed by atoms with Crippen LogP contribution in [0.4, 0.5) is 0 Å². The SMILES string of the molecule is C=C(C#N)C(=C(C#N)C#N)C1(N(C)C)CC(N)CC2=C1Oc1ccccc1C2. The van der Waals surface area contributed by atoms with E-state index in [1.807, 2.05) is 61.5 Å². The number of ether oxygens (including phenoxy) is 1. The predicted molar refractivity (Wildman–Crippen MR) is 104 cm³/mol. The number of fused-ring (bicyclic) bond motifs is 1. The zero-order valence-electron chi connectivity index (χ0n) is 16.0. The third-order valence-corrected chi connectivity index (χ3v) is 5.44. The topological polar surface area (TPSA) is 110 Å². The highest BCUT2D eigenvalue weighted by Gasteiger charge is 2.51. The van der Waals surface area contributed by atoms with Crippen LogP contribution in [0.5, 0.6) is 5.75 Å². The minimum atomic E-state index is -1.02. The molecule has 3 rings (SSSR count). The molecule has 0 radical (unpaired) electrons. The van der Waals surface area contributed by atoms with Crippen LogP contribution < -0.4 is 10.5 Å². The number of nitriles is 3. The smallest absolute Gasteiger partial charge is 0.136 e. The molecule has 1 heterocycles. The summed E-state index contributed by atoms with van der Waals surface area (Å²) < 4.78 is 6.36. The Balaban J connectivity index is 2.34. The quantitative estimate of drug-likeness (QED) is 0.646. The fraction of sp³-hybridized carbons (Fsp3) is 0.318. The Kier molecular flexibility index (Phi) is 5.08. The Bertz CT molecular complexity index is 1010. The molecule has 6 nitrogen and oxygen atoms in total. The Morgan fingerprint density at radius 1 is 1.21 bits per heavy atom. The number of hydrogen-bond donors (Lipinski definition) is 1. The number of benzene rings is 1. The van der Waals surface area contributed by atoms with Gasteiger partial charge in [0.2, 0.25) is 0 Å². The molecule has 0 fully saturated rings. The zero-order valence-corrected chi connectivity index (χ0v) is 16.0. The highest BCUT2D eigenvalue weighted by Crippen LogP contribution is 2.49. The molecule has 1 aromatic carbocycles. The summed E-state index contributed by atoms with van der Waals surface area (Å²) in [7, 11) is 3.67. The minimum absolute atomic E-state index is 0.0650.